The molecule has 1 heterocycles. The van der Waals surface area contributed by atoms with E-state index in [1.165, 1.54) is 31.2 Å². The van der Waals surface area contributed by atoms with E-state index in [1.807, 2.05) is 6.07 Å². The van der Waals surface area contributed by atoms with Crippen LogP contribution in [0, 0.1) is 30.0 Å². The Morgan fingerprint density at radius 2 is 2.26 bits per heavy atom. The molecule has 1 aromatic heterocycles. The van der Waals surface area contributed by atoms with Crippen molar-refractivity contribution in [2.24, 2.45) is 5.92 Å². The van der Waals surface area contributed by atoms with Gasteiger partial charge in [0.2, 0.25) is 5.91 Å². The number of halogens is 1. The molecule has 0 unspecified atom stereocenters. The molecule has 3 rings (SSSR count). The first-order valence-corrected chi connectivity index (χ1v) is 7.58. The molecule has 5 nitrogen and oxygen atoms in total. The second-order valence-corrected chi connectivity index (χ2v) is 5.88. The Morgan fingerprint density at radius 1 is 1.48 bits per heavy atom. The van der Waals surface area contributed by atoms with Crippen molar-refractivity contribution in [2.75, 3.05) is 18.4 Å². The largest absolute Gasteiger partial charge is 0.374 e. The lowest BCUT2D eigenvalue weighted by atomic mass is 10.1. The molecule has 1 aliphatic carbocycles. The van der Waals surface area contributed by atoms with Gasteiger partial charge in [0, 0.05) is 18.1 Å². The van der Waals surface area contributed by atoms with E-state index < -0.39 is 5.82 Å². The fraction of sp³-hybridized carbons (Fsp3) is 0.353. The fourth-order valence-electron chi connectivity index (χ4n) is 2.52. The number of amides is 1. The smallest absolute Gasteiger partial charge is 0.239 e. The molecule has 1 aliphatic rings. The minimum absolute atomic E-state index is 0.0378. The minimum atomic E-state index is -0.395. The zero-order valence-corrected chi connectivity index (χ0v) is 12.8. The predicted octanol–water partition coefficient (Wildman–Crippen LogP) is 2.49. The molecule has 1 amide bonds. The number of carbonyl (C=O) groups is 1. The van der Waals surface area contributed by atoms with Crippen LogP contribution in [0.4, 0.5) is 10.1 Å². The van der Waals surface area contributed by atoms with E-state index in [0.717, 1.165) is 0 Å². The molecule has 0 radical (unpaired) electrons. The first kappa shape index (κ1) is 15.2. The van der Waals surface area contributed by atoms with Crippen LogP contribution in [0.1, 0.15) is 24.0 Å². The molecule has 0 spiro atoms. The van der Waals surface area contributed by atoms with E-state index in [0.29, 0.717) is 34.6 Å². The van der Waals surface area contributed by atoms with Crippen molar-refractivity contribution in [1.82, 2.24) is 10.3 Å². The highest BCUT2D eigenvalue weighted by Crippen LogP contribution is 2.29. The van der Waals surface area contributed by atoms with E-state index in [4.69, 9.17) is 0 Å². The Kier molecular flexibility index (Phi) is 4.11. The van der Waals surface area contributed by atoms with Gasteiger partial charge in [-0.05, 0) is 43.4 Å². The van der Waals surface area contributed by atoms with Crippen LogP contribution < -0.4 is 10.6 Å². The molecule has 0 aliphatic heterocycles. The van der Waals surface area contributed by atoms with Crippen molar-refractivity contribution in [2.45, 2.75) is 19.8 Å². The van der Waals surface area contributed by atoms with Crippen LogP contribution in [0.25, 0.3) is 10.9 Å². The Morgan fingerprint density at radius 3 is 2.96 bits per heavy atom. The van der Waals surface area contributed by atoms with Crippen molar-refractivity contribution < 1.29 is 9.18 Å². The van der Waals surface area contributed by atoms with Gasteiger partial charge in [-0.1, -0.05) is 0 Å². The van der Waals surface area contributed by atoms with Crippen LogP contribution in [0.15, 0.2) is 18.3 Å². The molecule has 0 atom stereocenters. The van der Waals surface area contributed by atoms with Gasteiger partial charge in [-0.25, -0.2) is 4.39 Å². The van der Waals surface area contributed by atoms with E-state index in [9.17, 15) is 14.4 Å². The molecule has 0 bridgehead atoms. The summed E-state index contributed by atoms with van der Waals surface area (Å²) in [5, 5.41) is 15.6. The molecule has 2 N–H and O–H groups in total. The van der Waals surface area contributed by atoms with Gasteiger partial charge in [-0.3, -0.25) is 9.78 Å². The molecule has 118 valence electrons. The SMILES string of the molecule is Cc1cc(F)cc2c(NCC(=O)NCC3CC3)c(C#N)cnc12. The van der Waals surface area contributed by atoms with Crippen molar-refractivity contribution in [3.05, 3.63) is 35.3 Å². The number of aryl methyl sites for hydroxylation is 1. The van der Waals surface area contributed by atoms with Gasteiger partial charge < -0.3 is 10.6 Å². The standard InChI is InChI=1S/C17H17FN4O/c1-10-4-13(18)5-14-16(10)21-8-12(6-19)17(14)22-9-15(23)20-7-11-2-3-11/h4-5,8,11H,2-3,7,9H2,1H3,(H,20,23)(H,21,22). The predicted molar refractivity (Wildman–Crippen MR) is 85.4 cm³/mol. The minimum Gasteiger partial charge on any atom is -0.374 e. The van der Waals surface area contributed by atoms with E-state index >= 15 is 0 Å². The van der Waals surface area contributed by atoms with Gasteiger partial charge in [0.15, 0.2) is 0 Å². The second-order valence-electron chi connectivity index (χ2n) is 5.88. The molecule has 1 fully saturated rings. The highest BCUT2D eigenvalue weighted by molar-refractivity contribution is 5.96. The van der Waals surface area contributed by atoms with Crippen LogP contribution in [0.2, 0.25) is 0 Å². The van der Waals surface area contributed by atoms with Gasteiger partial charge >= 0.3 is 0 Å². The zero-order chi connectivity index (χ0) is 16.4. The third-order valence-corrected chi connectivity index (χ3v) is 3.96. The van der Waals surface area contributed by atoms with Crippen LogP contribution in [0.5, 0.6) is 0 Å². The molecular weight excluding hydrogens is 295 g/mol. The van der Waals surface area contributed by atoms with Gasteiger partial charge in [0.25, 0.3) is 0 Å². The van der Waals surface area contributed by atoms with E-state index in [2.05, 4.69) is 15.6 Å². The summed E-state index contributed by atoms with van der Waals surface area (Å²) < 4.78 is 13.7. The number of benzene rings is 1. The normalized spacial score (nSPS) is 13.6. The first-order chi connectivity index (χ1) is 11.1. The summed E-state index contributed by atoms with van der Waals surface area (Å²) in [5.74, 6) is 0.0686. The molecule has 2 aromatic rings. The lowest BCUT2D eigenvalue weighted by Gasteiger charge is -2.12. The monoisotopic (exact) mass is 312 g/mol. The summed E-state index contributed by atoms with van der Waals surface area (Å²) in [6.45, 7) is 2.49. The number of nitrogens with one attached hydrogen (secondary N) is 2. The third kappa shape index (κ3) is 3.39. The Hall–Kier alpha value is -2.68. The summed E-state index contributed by atoms with van der Waals surface area (Å²) in [6, 6.07) is 4.76. The van der Waals surface area contributed by atoms with Crippen molar-refractivity contribution >= 4 is 22.5 Å². The quantitative estimate of drug-likeness (QED) is 0.889. The summed E-state index contributed by atoms with van der Waals surface area (Å²) in [4.78, 5) is 16.1. The zero-order valence-electron chi connectivity index (χ0n) is 12.8. The average Bonchev–Trinajstić information content (AvgIpc) is 3.34. The van der Waals surface area contributed by atoms with Crippen molar-refractivity contribution in [3.8, 4) is 6.07 Å². The van der Waals surface area contributed by atoms with Crippen LogP contribution in [0.3, 0.4) is 0 Å². The summed E-state index contributed by atoms with van der Waals surface area (Å²) in [6.07, 6.45) is 3.78. The number of carbonyl (C=O) groups excluding carboxylic acids is 1. The Labute approximate surface area is 133 Å². The summed E-state index contributed by atoms with van der Waals surface area (Å²) in [7, 11) is 0. The number of nitriles is 1. The number of pyridine rings is 1. The van der Waals surface area contributed by atoms with Crippen LogP contribution in [-0.4, -0.2) is 24.0 Å². The number of hydrogen-bond acceptors (Lipinski definition) is 4. The maximum Gasteiger partial charge on any atom is 0.239 e. The lowest BCUT2D eigenvalue weighted by molar-refractivity contribution is -0.119. The number of hydrogen-bond donors (Lipinski definition) is 2. The first-order valence-electron chi connectivity index (χ1n) is 7.58. The van der Waals surface area contributed by atoms with Gasteiger partial charge in [-0.2, -0.15) is 5.26 Å². The second kappa shape index (κ2) is 6.21. The highest BCUT2D eigenvalue weighted by Gasteiger charge is 2.21. The lowest BCUT2D eigenvalue weighted by Crippen LogP contribution is -2.31. The van der Waals surface area contributed by atoms with E-state index in [1.54, 1.807) is 6.92 Å². The molecule has 23 heavy (non-hydrogen) atoms. The number of anilines is 1. The number of nitrogens with zero attached hydrogens (tertiary/aromatic N) is 2. The van der Waals surface area contributed by atoms with Gasteiger partial charge in [-0.15, -0.1) is 0 Å². The molecular formula is C17H17FN4O. The average molecular weight is 312 g/mol. The number of rotatable bonds is 5. The molecule has 6 heteroatoms. The van der Waals surface area contributed by atoms with Crippen molar-refractivity contribution in [1.29, 1.82) is 5.26 Å². The molecule has 1 aromatic carbocycles. The highest BCUT2D eigenvalue weighted by atomic mass is 19.1. The van der Waals surface area contributed by atoms with Gasteiger partial charge in [0.05, 0.1) is 23.3 Å². The van der Waals surface area contributed by atoms with E-state index in [-0.39, 0.29) is 18.0 Å². The fourth-order valence-corrected chi connectivity index (χ4v) is 2.52. The Balaban J connectivity index is 1.85. The summed E-state index contributed by atoms with van der Waals surface area (Å²) in [5.41, 5.74) is 2.04. The Bertz CT molecular complexity index is 808. The maximum absolute atomic E-state index is 13.7. The number of fused-ring (bicyclic) bond motifs is 1. The van der Waals surface area contributed by atoms with Crippen molar-refractivity contribution in [3.63, 3.8) is 0 Å². The molecule has 1 saturated carbocycles. The maximum atomic E-state index is 13.7. The number of aromatic nitrogens is 1. The molecule has 0 saturated heterocycles. The topological polar surface area (TPSA) is 77.8 Å². The van der Waals surface area contributed by atoms with Crippen LogP contribution in [-0.2, 0) is 4.79 Å². The third-order valence-electron chi connectivity index (χ3n) is 3.96. The summed E-state index contributed by atoms with van der Waals surface area (Å²) >= 11 is 0. The van der Waals surface area contributed by atoms with Gasteiger partial charge in [0.1, 0.15) is 11.9 Å². The van der Waals surface area contributed by atoms with Crippen LogP contribution >= 0.6 is 0 Å².